The number of aliphatic carboxylic acids is 1. The van der Waals surface area contributed by atoms with Gasteiger partial charge in [-0.3, -0.25) is 9.69 Å². The van der Waals surface area contributed by atoms with E-state index in [1.165, 1.54) is 22.3 Å². The molecule has 1 atom stereocenters. The highest BCUT2D eigenvalue weighted by molar-refractivity contribution is 8.01. The summed E-state index contributed by atoms with van der Waals surface area (Å²) in [6.07, 6.45) is 6.21. The number of likely N-dealkylation sites (tertiary alicyclic amines) is 1. The van der Waals surface area contributed by atoms with E-state index in [-0.39, 0.29) is 6.42 Å². The van der Waals surface area contributed by atoms with Gasteiger partial charge in [0, 0.05) is 12.5 Å². The van der Waals surface area contributed by atoms with Crippen LogP contribution in [0.15, 0.2) is 53.9 Å². The van der Waals surface area contributed by atoms with Crippen molar-refractivity contribution in [1.29, 1.82) is 0 Å². The predicted molar refractivity (Wildman–Crippen MR) is 130 cm³/mol. The maximum absolute atomic E-state index is 10.7. The molecule has 2 aromatic rings. The summed E-state index contributed by atoms with van der Waals surface area (Å²) in [6.45, 7) is 4.69. The van der Waals surface area contributed by atoms with Gasteiger partial charge in [-0.1, -0.05) is 36.4 Å². The molecule has 1 heterocycles. The van der Waals surface area contributed by atoms with Gasteiger partial charge in [0.2, 0.25) is 0 Å². The highest BCUT2D eigenvalue weighted by Crippen LogP contribution is 2.22. The Kier molecular flexibility index (Phi) is 9.04. The van der Waals surface area contributed by atoms with Crippen molar-refractivity contribution >= 4 is 23.3 Å². The van der Waals surface area contributed by atoms with Gasteiger partial charge in [-0.25, -0.2) is 0 Å². The van der Waals surface area contributed by atoms with E-state index in [0.717, 1.165) is 38.1 Å². The first kappa shape index (κ1) is 23.4. The number of ether oxygens (including phenoxy) is 1. The van der Waals surface area contributed by atoms with Crippen molar-refractivity contribution in [2.24, 2.45) is 0 Å². The Morgan fingerprint density at radius 1 is 1.16 bits per heavy atom. The molecule has 1 aliphatic rings. The van der Waals surface area contributed by atoms with Crippen molar-refractivity contribution in [3.05, 3.63) is 70.6 Å². The summed E-state index contributed by atoms with van der Waals surface area (Å²) in [5.41, 5.74) is 5.14. The number of rotatable bonds is 11. The van der Waals surface area contributed by atoms with Crippen molar-refractivity contribution in [3.8, 4) is 5.75 Å². The van der Waals surface area contributed by atoms with Crippen molar-refractivity contribution in [2.45, 2.75) is 45.1 Å². The molecule has 5 heteroatoms. The minimum absolute atomic E-state index is 0.238. The number of hydrogen-bond acceptors (Lipinski definition) is 4. The Bertz CT molecular complexity index is 861. The Morgan fingerprint density at radius 3 is 2.48 bits per heavy atom. The van der Waals surface area contributed by atoms with E-state index in [9.17, 15) is 4.79 Å². The summed E-state index contributed by atoms with van der Waals surface area (Å²) in [5.74, 6) is 0.180. The molecule has 0 aromatic heterocycles. The summed E-state index contributed by atoms with van der Waals surface area (Å²) in [7, 11) is 0. The molecule has 2 aromatic carbocycles. The van der Waals surface area contributed by atoms with Crippen LogP contribution in [0.5, 0.6) is 5.75 Å². The zero-order chi connectivity index (χ0) is 22.1. The average Bonchev–Trinajstić information content (AvgIpc) is 3.21. The average molecular weight is 440 g/mol. The summed E-state index contributed by atoms with van der Waals surface area (Å²) in [4.78, 5) is 13.1. The Balaban J connectivity index is 1.48. The van der Waals surface area contributed by atoms with E-state index >= 15 is 0 Å². The van der Waals surface area contributed by atoms with E-state index in [2.05, 4.69) is 72.0 Å². The SMILES string of the molecule is CS/C=C(\C)c1ccc(Cc2ccc(OCC3CCCN3CCCC(=O)O)cc2)cc1. The van der Waals surface area contributed by atoms with Gasteiger partial charge in [0.05, 0.1) is 0 Å². The van der Waals surface area contributed by atoms with Crippen LogP contribution in [0.2, 0.25) is 0 Å². The lowest BCUT2D eigenvalue weighted by Gasteiger charge is -2.24. The van der Waals surface area contributed by atoms with Crippen LogP contribution in [-0.4, -0.2) is 48.0 Å². The first-order valence-electron chi connectivity index (χ1n) is 11.0. The number of thioether (sulfide) groups is 1. The molecule has 31 heavy (non-hydrogen) atoms. The van der Waals surface area contributed by atoms with E-state index < -0.39 is 5.97 Å². The maximum atomic E-state index is 10.7. The number of allylic oxidation sites excluding steroid dienone is 1. The smallest absolute Gasteiger partial charge is 0.303 e. The normalized spacial score (nSPS) is 17.1. The molecule has 1 fully saturated rings. The topological polar surface area (TPSA) is 49.8 Å². The molecule has 0 aliphatic carbocycles. The number of nitrogens with zero attached hydrogens (tertiary/aromatic N) is 1. The monoisotopic (exact) mass is 439 g/mol. The van der Waals surface area contributed by atoms with Crippen LogP contribution in [0.3, 0.4) is 0 Å². The van der Waals surface area contributed by atoms with Gasteiger partial charge in [0.25, 0.3) is 0 Å². The van der Waals surface area contributed by atoms with Crippen LogP contribution in [0.1, 0.15) is 49.3 Å². The highest BCUT2D eigenvalue weighted by Gasteiger charge is 2.24. The van der Waals surface area contributed by atoms with Crippen molar-refractivity contribution < 1.29 is 14.6 Å². The second kappa shape index (κ2) is 12.0. The molecule has 1 saturated heterocycles. The molecule has 4 nitrogen and oxygen atoms in total. The molecule has 0 amide bonds. The Labute approximate surface area is 190 Å². The molecule has 0 saturated carbocycles. The van der Waals surface area contributed by atoms with E-state index in [4.69, 9.17) is 9.84 Å². The molecule has 1 aliphatic heterocycles. The summed E-state index contributed by atoms with van der Waals surface area (Å²) in [6, 6.07) is 17.6. The first-order chi connectivity index (χ1) is 15.0. The Morgan fingerprint density at radius 2 is 1.84 bits per heavy atom. The van der Waals surface area contributed by atoms with Crippen molar-refractivity contribution in [3.63, 3.8) is 0 Å². The molecular weight excluding hydrogens is 406 g/mol. The van der Waals surface area contributed by atoms with Gasteiger partial charge in [0.1, 0.15) is 12.4 Å². The fraction of sp³-hybridized carbons (Fsp3) is 0.423. The van der Waals surface area contributed by atoms with Crippen LogP contribution < -0.4 is 4.74 Å². The number of carboxylic acids is 1. The molecule has 3 rings (SSSR count). The Hall–Kier alpha value is -2.24. The van der Waals surface area contributed by atoms with Crippen LogP contribution >= 0.6 is 11.8 Å². The van der Waals surface area contributed by atoms with Gasteiger partial charge in [-0.15, -0.1) is 11.8 Å². The summed E-state index contributed by atoms with van der Waals surface area (Å²) in [5, 5.41) is 11.0. The van der Waals surface area contributed by atoms with Crippen LogP contribution in [0.25, 0.3) is 5.57 Å². The van der Waals surface area contributed by atoms with Gasteiger partial charge >= 0.3 is 5.97 Å². The maximum Gasteiger partial charge on any atom is 0.303 e. The molecular formula is C26H33NO3S. The lowest BCUT2D eigenvalue weighted by molar-refractivity contribution is -0.137. The molecule has 1 unspecified atom stereocenters. The van der Waals surface area contributed by atoms with Crippen LogP contribution in [0.4, 0.5) is 0 Å². The number of carbonyl (C=O) groups is 1. The summed E-state index contributed by atoms with van der Waals surface area (Å²) >= 11 is 1.73. The zero-order valence-corrected chi connectivity index (χ0v) is 19.4. The van der Waals surface area contributed by atoms with E-state index in [1.807, 2.05) is 0 Å². The van der Waals surface area contributed by atoms with Gasteiger partial charge in [0.15, 0.2) is 0 Å². The predicted octanol–water partition coefficient (Wildman–Crippen LogP) is 5.71. The van der Waals surface area contributed by atoms with Crippen molar-refractivity contribution in [2.75, 3.05) is 26.0 Å². The van der Waals surface area contributed by atoms with E-state index in [1.54, 1.807) is 11.8 Å². The number of carboxylic acid groups (broad SMARTS) is 1. The van der Waals surface area contributed by atoms with Crippen molar-refractivity contribution in [1.82, 2.24) is 4.90 Å². The molecule has 0 spiro atoms. The van der Waals surface area contributed by atoms with Gasteiger partial charge in [-0.2, -0.15) is 0 Å². The quantitative estimate of drug-likeness (QED) is 0.486. The fourth-order valence-electron chi connectivity index (χ4n) is 4.07. The lowest BCUT2D eigenvalue weighted by Crippen LogP contribution is -2.35. The molecule has 0 radical (unpaired) electrons. The summed E-state index contributed by atoms with van der Waals surface area (Å²) < 4.78 is 6.05. The second-order valence-electron chi connectivity index (χ2n) is 8.19. The largest absolute Gasteiger partial charge is 0.492 e. The van der Waals surface area contributed by atoms with Gasteiger partial charge < -0.3 is 9.84 Å². The second-order valence-corrected chi connectivity index (χ2v) is 8.90. The fourth-order valence-corrected chi connectivity index (χ4v) is 4.56. The van der Waals surface area contributed by atoms with Crippen LogP contribution in [0, 0.1) is 0 Å². The van der Waals surface area contributed by atoms with Crippen LogP contribution in [-0.2, 0) is 11.2 Å². The highest BCUT2D eigenvalue weighted by atomic mass is 32.2. The third kappa shape index (κ3) is 7.44. The molecule has 0 bridgehead atoms. The van der Waals surface area contributed by atoms with E-state index in [0.29, 0.717) is 19.1 Å². The standard InChI is InChI=1S/C26H33NO3S/c1-20(19-31-2)23-11-7-21(8-12-23)17-22-9-13-25(14-10-22)30-18-24-5-3-15-27(24)16-4-6-26(28)29/h7-14,19,24H,3-6,15-18H2,1-2H3,(H,28,29)/b20-19+. The number of hydrogen-bond donors (Lipinski definition) is 1. The minimum atomic E-state index is -0.717. The number of benzene rings is 2. The first-order valence-corrected chi connectivity index (χ1v) is 12.3. The molecule has 1 N–H and O–H groups in total. The third-order valence-corrected chi connectivity index (χ3v) is 6.40. The minimum Gasteiger partial charge on any atom is -0.492 e. The zero-order valence-electron chi connectivity index (χ0n) is 18.5. The van der Waals surface area contributed by atoms with Gasteiger partial charge in [-0.05, 0) is 91.8 Å². The molecule has 166 valence electrons. The lowest BCUT2D eigenvalue weighted by atomic mass is 10.0. The third-order valence-electron chi connectivity index (χ3n) is 5.81.